The molecule has 0 spiro atoms. The lowest BCUT2D eigenvalue weighted by molar-refractivity contribution is 0.102. The van der Waals surface area contributed by atoms with Gasteiger partial charge in [0.15, 0.2) is 0 Å². The Hall–Kier alpha value is -2.27. The van der Waals surface area contributed by atoms with E-state index < -0.39 is 0 Å². The van der Waals surface area contributed by atoms with Crippen LogP contribution in [0.3, 0.4) is 0 Å². The molecule has 5 nitrogen and oxygen atoms in total. The van der Waals surface area contributed by atoms with E-state index >= 15 is 0 Å². The number of benzene rings is 1. The summed E-state index contributed by atoms with van der Waals surface area (Å²) < 4.78 is 5.11. The Labute approximate surface area is 121 Å². The predicted octanol–water partition coefficient (Wildman–Crippen LogP) is 3.04. The predicted molar refractivity (Wildman–Crippen MR) is 79.7 cm³/mol. The number of pyridine rings is 1. The standard InChI is InChI=1S/C14H14ClN3O2/c1-16-13-10(4-3-7-17-13)14(19)18-9-5-6-11(15)12(8-9)20-2/h3-8H,1-2H3,(H,16,17)(H,18,19). The maximum atomic E-state index is 12.2. The quantitative estimate of drug-likeness (QED) is 0.909. The molecule has 0 saturated heterocycles. The molecule has 0 atom stereocenters. The largest absolute Gasteiger partial charge is 0.495 e. The topological polar surface area (TPSA) is 63.2 Å². The molecule has 2 rings (SSSR count). The fourth-order valence-electron chi connectivity index (χ4n) is 1.72. The van der Waals surface area contributed by atoms with Crippen LogP contribution in [0, 0.1) is 0 Å². The number of methoxy groups -OCH3 is 1. The molecule has 0 aliphatic rings. The van der Waals surface area contributed by atoms with Gasteiger partial charge in [-0.2, -0.15) is 0 Å². The highest BCUT2D eigenvalue weighted by Gasteiger charge is 2.12. The van der Waals surface area contributed by atoms with Gasteiger partial charge in [0, 0.05) is 25.0 Å². The minimum absolute atomic E-state index is 0.258. The number of hydrogen-bond donors (Lipinski definition) is 2. The molecule has 0 fully saturated rings. The Morgan fingerprint density at radius 2 is 2.15 bits per heavy atom. The number of nitrogens with one attached hydrogen (secondary N) is 2. The molecule has 6 heteroatoms. The van der Waals surface area contributed by atoms with Crippen molar-refractivity contribution in [3.63, 3.8) is 0 Å². The average molecular weight is 292 g/mol. The van der Waals surface area contributed by atoms with Gasteiger partial charge in [0.25, 0.3) is 5.91 Å². The van der Waals surface area contributed by atoms with E-state index in [4.69, 9.17) is 16.3 Å². The summed E-state index contributed by atoms with van der Waals surface area (Å²) >= 11 is 5.94. The van der Waals surface area contributed by atoms with Crippen molar-refractivity contribution in [3.8, 4) is 5.75 Å². The van der Waals surface area contributed by atoms with Crippen LogP contribution in [-0.4, -0.2) is 25.0 Å². The second-order valence-electron chi connectivity index (χ2n) is 3.95. The van der Waals surface area contributed by atoms with Gasteiger partial charge >= 0.3 is 0 Å². The first kappa shape index (κ1) is 14.1. The van der Waals surface area contributed by atoms with Crippen LogP contribution in [0.5, 0.6) is 5.75 Å². The van der Waals surface area contributed by atoms with Crippen LogP contribution in [-0.2, 0) is 0 Å². The highest BCUT2D eigenvalue weighted by molar-refractivity contribution is 6.32. The third kappa shape index (κ3) is 3.00. The van der Waals surface area contributed by atoms with Crippen LogP contribution in [0.25, 0.3) is 0 Å². The molecular formula is C14H14ClN3O2. The molecule has 0 aliphatic carbocycles. The minimum Gasteiger partial charge on any atom is -0.495 e. The lowest BCUT2D eigenvalue weighted by Crippen LogP contribution is -2.14. The number of amides is 1. The molecule has 2 aromatic rings. The summed E-state index contributed by atoms with van der Waals surface area (Å²) in [6.45, 7) is 0. The SMILES string of the molecule is CNc1ncccc1C(=O)Nc1ccc(Cl)c(OC)c1. The van der Waals surface area contributed by atoms with Gasteiger partial charge in [-0.25, -0.2) is 4.98 Å². The van der Waals surface area contributed by atoms with E-state index in [0.717, 1.165) is 0 Å². The number of anilines is 2. The zero-order valence-corrected chi connectivity index (χ0v) is 11.9. The molecular weight excluding hydrogens is 278 g/mol. The fraction of sp³-hybridized carbons (Fsp3) is 0.143. The van der Waals surface area contributed by atoms with Gasteiger partial charge in [-0.1, -0.05) is 11.6 Å². The number of carbonyl (C=O) groups is 1. The normalized spacial score (nSPS) is 9.95. The molecule has 0 bridgehead atoms. The van der Waals surface area contributed by atoms with Crippen LogP contribution in [0.2, 0.25) is 5.02 Å². The molecule has 2 N–H and O–H groups in total. The molecule has 1 aromatic heterocycles. The molecule has 1 amide bonds. The highest BCUT2D eigenvalue weighted by atomic mass is 35.5. The van der Waals surface area contributed by atoms with Crippen molar-refractivity contribution in [2.24, 2.45) is 0 Å². The summed E-state index contributed by atoms with van der Waals surface area (Å²) in [6, 6.07) is 8.44. The molecule has 20 heavy (non-hydrogen) atoms. The fourth-order valence-corrected chi connectivity index (χ4v) is 1.92. The van der Waals surface area contributed by atoms with Gasteiger partial charge in [-0.15, -0.1) is 0 Å². The van der Waals surface area contributed by atoms with E-state index in [0.29, 0.717) is 27.8 Å². The molecule has 1 heterocycles. The molecule has 0 aliphatic heterocycles. The Morgan fingerprint density at radius 1 is 1.35 bits per heavy atom. The summed E-state index contributed by atoms with van der Waals surface area (Å²) in [5.41, 5.74) is 1.06. The van der Waals surface area contributed by atoms with Crippen LogP contribution in [0.1, 0.15) is 10.4 Å². The first-order chi connectivity index (χ1) is 9.65. The van der Waals surface area contributed by atoms with Crippen LogP contribution < -0.4 is 15.4 Å². The number of ether oxygens (including phenoxy) is 1. The van der Waals surface area contributed by atoms with E-state index in [1.807, 2.05) is 0 Å². The van der Waals surface area contributed by atoms with Crippen molar-refractivity contribution in [2.75, 3.05) is 24.8 Å². The molecule has 1 aromatic carbocycles. The average Bonchev–Trinajstić information content (AvgIpc) is 2.49. The van der Waals surface area contributed by atoms with E-state index in [1.165, 1.54) is 7.11 Å². The number of hydrogen-bond acceptors (Lipinski definition) is 4. The third-order valence-electron chi connectivity index (χ3n) is 2.70. The summed E-state index contributed by atoms with van der Waals surface area (Å²) in [5, 5.41) is 6.14. The lowest BCUT2D eigenvalue weighted by atomic mass is 10.2. The molecule has 104 valence electrons. The van der Waals surface area contributed by atoms with Gasteiger partial charge < -0.3 is 15.4 Å². The van der Waals surface area contributed by atoms with Crippen molar-refractivity contribution in [2.45, 2.75) is 0 Å². The number of nitrogens with zero attached hydrogens (tertiary/aromatic N) is 1. The van der Waals surface area contributed by atoms with Crippen LogP contribution in [0.15, 0.2) is 36.5 Å². The minimum atomic E-state index is -0.258. The van der Waals surface area contributed by atoms with Crippen molar-refractivity contribution in [1.82, 2.24) is 4.98 Å². The number of carbonyl (C=O) groups excluding carboxylic acids is 1. The van der Waals surface area contributed by atoms with E-state index in [2.05, 4.69) is 15.6 Å². The molecule has 0 saturated carbocycles. The van der Waals surface area contributed by atoms with Gasteiger partial charge in [0.2, 0.25) is 0 Å². The van der Waals surface area contributed by atoms with Gasteiger partial charge in [0.1, 0.15) is 11.6 Å². The second kappa shape index (κ2) is 6.25. The number of rotatable bonds is 4. The van der Waals surface area contributed by atoms with Gasteiger partial charge in [0.05, 0.1) is 17.7 Å². The summed E-state index contributed by atoms with van der Waals surface area (Å²) in [6.07, 6.45) is 1.62. The second-order valence-corrected chi connectivity index (χ2v) is 4.36. The lowest BCUT2D eigenvalue weighted by Gasteiger charge is -2.10. The third-order valence-corrected chi connectivity index (χ3v) is 3.01. The van der Waals surface area contributed by atoms with E-state index in [1.54, 1.807) is 43.6 Å². The highest BCUT2D eigenvalue weighted by Crippen LogP contribution is 2.27. The summed E-state index contributed by atoms with van der Waals surface area (Å²) in [7, 11) is 3.23. The summed E-state index contributed by atoms with van der Waals surface area (Å²) in [5.74, 6) is 0.766. The Kier molecular flexibility index (Phi) is 4.42. The van der Waals surface area contributed by atoms with Crippen LogP contribution in [0.4, 0.5) is 11.5 Å². The zero-order chi connectivity index (χ0) is 14.5. The maximum absolute atomic E-state index is 12.2. The first-order valence-corrected chi connectivity index (χ1v) is 6.31. The zero-order valence-electron chi connectivity index (χ0n) is 11.1. The van der Waals surface area contributed by atoms with Crippen molar-refractivity contribution < 1.29 is 9.53 Å². The van der Waals surface area contributed by atoms with Crippen LogP contribution >= 0.6 is 11.6 Å². The number of halogens is 1. The first-order valence-electron chi connectivity index (χ1n) is 5.93. The Morgan fingerprint density at radius 3 is 2.85 bits per heavy atom. The van der Waals surface area contributed by atoms with Gasteiger partial charge in [-0.05, 0) is 24.3 Å². The van der Waals surface area contributed by atoms with Crippen molar-refractivity contribution in [3.05, 3.63) is 47.1 Å². The maximum Gasteiger partial charge on any atom is 0.259 e. The van der Waals surface area contributed by atoms with Crippen molar-refractivity contribution >= 4 is 29.0 Å². The monoisotopic (exact) mass is 291 g/mol. The number of aromatic nitrogens is 1. The molecule has 0 radical (unpaired) electrons. The van der Waals surface area contributed by atoms with Gasteiger partial charge in [-0.3, -0.25) is 4.79 Å². The van der Waals surface area contributed by atoms with E-state index in [9.17, 15) is 4.79 Å². The summed E-state index contributed by atoms with van der Waals surface area (Å²) in [4.78, 5) is 16.3. The Balaban J connectivity index is 2.23. The van der Waals surface area contributed by atoms with Crippen molar-refractivity contribution in [1.29, 1.82) is 0 Å². The smallest absolute Gasteiger partial charge is 0.259 e. The van der Waals surface area contributed by atoms with E-state index in [-0.39, 0.29) is 5.91 Å². The molecule has 0 unspecified atom stereocenters. The Bertz CT molecular complexity index is 632.